The second kappa shape index (κ2) is 9.60. The first-order chi connectivity index (χ1) is 13.6. The maximum atomic E-state index is 12.4. The molecule has 5 nitrogen and oxygen atoms in total. The minimum Gasteiger partial charge on any atom is -0.497 e. The van der Waals surface area contributed by atoms with Gasteiger partial charge in [0.15, 0.2) is 6.61 Å². The van der Waals surface area contributed by atoms with Gasteiger partial charge in [0.25, 0.3) is 5.91 Å². The number of hydrogen-bond donors (Lipinski definition) is 1. The zero-order valence-electron chi connectivity index (χ0n) is 17.0. The SMILES string of the molecule is COc1ccc(C(CNC(=O)COc2cccc(C)c2C)N2CCCC2)cc1. The van der Waals surface area contributed by atoms with Gasteiger partial charge in [0.1, 0.15) is 11.5 Å². The lowest BCUT2D eigenvalue weighted by atomic mass is 10.1. The molecule has 0 spiro atoms. The summed E-state index contributed by atoms with van der Waals surface area (Å²) in [5.74, 6) is 1.51. The van der Waals surface area contributed by atoms with Crippen molar-refractivity contribution in [2.24, 2.45) is 0 Å². The van der Waals surface area contributed by atoms with Crippen LogP contribution in [0.15, 0.2) is 42.5 Å². The topological polar surface area (TPSA) is 50.8 Å². The molecule has 1 amide bonds. The van der Waals surface area contributed by atoms with Crippen molar-refractivity contribution in [2.75, 3.05) is 33.4 Å². The van der Waals surface area contributed by atoms with Crippen LogP contribution in [0.2, 0.25) is 0 Å². The highest BCUT2D eigenvalue weighted by atomic mass is 16.5. The van der Waals surface area contributed by atoms with Crippen LogP contribution in [-0.4, -0.2) is 44.2 Å². The molecule has 1 aliphatic heterocycles. The lowest BCUT2D eigenvalue weighted by molar-refractivity contribution is -0.123. The summed E-state index contributed by atoms with van der Waals surface area (Å²) in [5, 5.41) is 3.05. The predicted molar refractivity (Wildman–Crippen MR) is 111 cm³/mol. The second-order valence-corrected chi connectivity index (χ2v) is 7.32. The molecular formula is C23H30N2O3. The number of nitrogens with zero attached hydrogens (tertiary/aromatic N) is 1. The van der Waals surface area contributed by atoms with Gasteiger partial charge in [-0.15, -0.1) is 0 Å². The van der Waals surface area contributed by atoms with Gasteiger partial charge in [-0.1, -0.05) is 24.3 Å². The molecule has 28 heavy (non-hydrogen) atoms. The molecule has 3 rings (SSSR count). The maximum Gasteiger partial charge on any atom is 0.258 e. The Morgan fingerprint density at radius 2 is 1.82 bits per heavy atom. The number of benzene rings is 2. The predicted octanol–water partition coefficient (Wildman–Crippen LogP) is 3.64. The van der Waals surface area contributed by atoms with Crippen molar-refractivity contribution >= 4 is 5.91 Å². The smallest absolute Gasteiger partial charge is 0.258 e. The zero-order valence-corrected chi connectivity index (χ0v) is 17.0. The van der Waals surface area contributed by atoms with E-state index in [1.807, 2.05) is 44.2 Å². The fraction of sp³-hybridized carbons (Fsp3) is 0.435. The van der Waals surface area contributed by atoms with Gasteiger partial charge in [-0.2, -0.15) is 0 Å². The van der Waals surface area contributed by atoms with Gasteiger partial charge in [0.05, 0.1) is 13.2 Å². The molecule has 0 aromatic heterocycles. The van der Waals surface area contributed by atoms with Crippen LogP contribution in [-0.2, 0) is 4.79 Å². The summed E-state index contributed by atoms with van der Waals surface area (Å²) in [7, 11) is 1.67. The highest BCUT2D eigenvalue weighted by Crippen LogP contribution is 2.26. The van der Waals surface area contributed by atoms with Gasteiger partial charge in [0.2, 0.25) is 0 Å². The van der Waals surface area contributed by atoms with Crippen molar-refractivity contribution in [1.29, 1.82) is 0 Å². The van der Waals surface area contributed by atoms with Crippen LogP contribution in [0, 0.1) is 13.8 Å². The monoisotopic (exact) mass is 382 g/mol. The van der Waals surface area contributed by atoms with E-state index in [1.165, 1.54) is 18.4 Å². The molecule has 1 N–H and O–H groups in total. The number of aryl methyl sites for hydroxylation is 1. The zero-order chi connectivity index (χ0) is 19.9. The van der Waals surface area contributed by atoms with Crippen LogP contribution in [0.3, 0.4) is 0 Å². The number of methoxy groups -OCH3 is 1. The fourth-order valence-electron chi connectivity index (χ4n) is 3.62. The van der Waals surface area contributed by atoms with Gasteiger partial charge in [-0.25, -0.2) is 0 Å². The minimum atomic E-state index is -0.0985. The summed E-state index contributed by atoms with van der Waals surface area (Å²) >= 11 is 0. The lowest BCUT2D eigenvalue weighted by Gasteiger charge is -2.28. The highest BCUT2D eigenvalue weighted by molar-refractivity contribution is 5.77. The molecule has 1 aliphatic rings. The molecule has 0 aliphatic carbocycles. The summed E-state index contributed by atoms with van der Waals surface area (Å²) in [6.45, 7) is 6.77. The Labute approximate surface area is 167 Å². The van der Waals surface area contributed by atoms with Crippen molar-refractivity contribution in [3.05, 3.63) is 59.2 Å². The Morgan fingerprint density at radius 3 is 2.50 bits per heavy atom. The molecular weight excluding hydrogens is 352 g/mol. The molecule has 1 fully saturated rings. The lowest BCUT2D eigenvalue weighted by Crippen LogP contribution is -2.38. The number of rotatable bonds is 8. The first-order valence-electron chi connectivity index (χ1n) is 9.92. The Balaban J connectivity index is 1.59. The molecule has 0 saturated carbocycles. The largest absolute Gasteiger partial charge is 0.497 e. The van der Waals surface area contributed by atoms with Gasteiger partial charge in [-0.3, -0.25) is 9.69 Å². The van der Waals surface area contributed by atoms with E-state index in [2.05, 4.69) is 22.3 Å². The van der Waals surface area contributed by atoms with E-state index in [-0.39, 0.29) is 18.6 Å². The molecule has 2 aromatic rings. The van der Waals surface area contributed by atoms with E-state index in [9.17, 15) is 4.79 Å². The summed E-state index contributed by atoms with van der Waals surface area (Å²) in [6, 6.07) is 14.2. The van der Waals surface area contributed by atoms with Crippen LogP contribution >= 0.6 is 0 Å². The number of carbonyl (C=O) groups is 1. The molecule has 150 valence electrons. The van der Waals surface area contributed by atoms with Crippen molar-refractivity contribution in [3.8, 4) is 11.5 Å². The van der Waals surface area contributed by atoms with E-state index in [1.54, 1.807) is 7.11 Å². The second-order valence-electron chi connectivity index (χ2n) is 7.32. The van der Waals surface area contributed by atoms with E-state index in [4.69, 9.17) is 9.47 Å². The summed E-state index contributed by atoms with van der Waals surface area (Å²) in [5.41, 5.74) is 3.42. The van der Waals surface area contributed by atoms with Crippen molar-refractivity contribution < 1.29 is 14.3 Å². The first kappa shape index (κ1) is 20.2. The molecule has 2 aromatic carbocycles. The molecule has 5 heteroatoms. The quantitative estimate of drug-likeness (QED) is 0.757. The number of amides is 1. The molecule has 1 heterocycles. The van der Waals surface area contributed by atoms with Crippen molar-refractivity contribution in [2.45, 2.75) is 32.7 Å². The summed E-state index contributed by atoms with van der Waals surface area (Å²) in [4.78, 5) is 14.8. The number of hydrogen-bond acceptors (Lipinski definition) is 4. The van der Waals surface area contributed by atoms with Gasteiger partial charge in [-0.05, 0) is 74.7 Å². The van der Waals surface area contributed by atoms with E-state index < -0.39 is 0 Å². The van der Waals surface area contributed by atoms with Crippen LogP contribution in [0.25, 0.3) is 0 Å². The Hall–Kier alpha value is -2.53. The van der Waals surface area contributed by atoms with Crippen LogP contribution in [0.5, 0.6) is 11.5 Å². The Morgan fingerprint density at radius 1 is 1.11 bits per heavy atom. The number of nitrogens with one attached hydrogen (secondary N) is 1. The third-order valence-electron chi connectivity index (χ3n) is 5.49. The average Bonchev–Trinajstić information content (AvgIpc) is 3.24. The fourth-order valence-corrected chi connectivity index (χ4v) is 3.62. The van der Waals surface area contributed by atoms with Crippen molar-refractivity contribution in [1.82, 2.24) is 10.2 Å². The summed E-state index contributed by atoms with van der Waals surface area (Å²) in [6.07, 6.45) is 2.41. The standard InChI is InChI=1S/C23H30N2O3/c1-17-7-6-8-22(18(17)2)28-16-23(26)24-15-21(25-13-4-5-14-25)19-9-11-20(27-3)12-10-19/h6-12,21H,4-5,13-16H2,1-3H3,(H,24,26). The van der Waals surface area contributed by atoms with E-state index in [0.29, 0.717) is 6.54 Å². The number of likely N-dealkylation sites (tertiary alicyclic amines) is 1. The third kappa shape index (κ3) is 5.04. The van der Waals surface area contributed by atoms with Gasteiger partial charge < -0.3 is 14.8 Å². The molecule has 1 saturated heterocycles. The summed E-state index contributed by atoms with van der Waals surface area (Å²) < 4.78 is 11.0. The molecule has 1 atom stereocenters. The number of ether oxygens (including phenoxy) is 2. The minimum absolute atomic E-state index is 0.0274. The van der Waals surface area contributed by atoms with Gasteiger partial charge in [0, 0.05) is 6.54 Å². The Kier molecular flexibility index (Phi) is 6.93. The van der Waals surface area contributed by atoms with Crippen LogP contribution in [0.4, 0.5) is 0 Å². The molecule has 0 bridgehead atoms. The van der Waals surface area contributed by atoms with Crippen LogP contribution < -0.4 is 14.8 Å². The van der Waals surface area contributed by atoms with Crippen molar-refractivity contribution in [3.63, 3.8) is 0 Å². The number of carbonyl (C=O) groups excluding carboxylic acids is 1. The molecule has 0 radical (unpaired) electrons. The highest BCUT2D eigenvalue weighted by Gasteiger charge is 2.24. The normalized spacial score (nSPS) is 15.2. The van der Waals surface area contributed by atoms with Gasteiger partial charge >= 0.3 is 0 Å². The third-order valence-corrected chi connectivity index (χ3v) is 5.49. The first-order valence-corrected chi connectivity index (χ1v) is 9.92. The average molecular weight is 383 g/mol. The van der Waals surface area contributed by atoms with E-state index >= 15 is 0 Å². The molecule has 1 unspecified atom stereocenters. The van der Waals surface area contributed by atoms with E-state index in [0.717, 1.165) is 35.7 Å². The Bertz CT molecular complexity index is 783. The maximum absolute atomic E-state index is 12.4. The van der Waals surface area contributed by atoms with Crippen LogP contribution in [0.1, 0.15) is 35.6 Å².